The molecule has 1 fully saturated rings. The molecule has 0 heterocycles. The largest absolute Gasteiger partial charge is 0.493 e. The Balaban J connectivity index is 1.58. The number of rotatable bonds is 7. The number of anilines is 1. The summed E-state index contributed by atoms with van der Waals surface area (Å²) in [5.41, 5.74) is 3.37. The molecule has 4 rings (SSSR count). The molecule has 140 valence electrons. The second-order valence-electron chi connectivity index (χ2n) is 7.38. The molecule has 3 nitrogen and oxygen atoms in total. The van der Waals surface area contributed by atoms with Gasteiger partial charge in [-0.05, 0) is 59.4 Å². The third-order valence-corrected chi connectivity index (χ3v) is 5.43. The highest BCUT2D eigenvalue weighted by atomic mass is 16.5. The van der Waals surface area contributed by atoms with Crippen molar-refractivity contribution in [3.05, 3.63) is 60.7 Å². The van der Waals surface area contributed by atoms with E-state index in [1.807, 2.05) is 6.07 Å². The molecule has 3 aromatic carbocycles. The average molecular weight is 361 g/mol. The van der Waals surface area contributed by atoms with Gasteiger partial charge in [-0.3, -0.25) is 0 Å². The predicted molar refractivity (Wildman–Crippen MR) is 112 cm³/mol. The summed E-state index contributed by atoms with van der Waals surface area (Å²) in [5.74, 6) is 1.68. The van der Waals surface area contributed by atoms with Crippen molar-refractivity contribution in [2.24, 2.45) is 5.92 Å². The molecule has 0 atom stereocenters. The van der Waals surface area contributed by atoms with Crippen LogP contribution in [-0.2, 0) is 0 Å². The SMILES string of the molecule is OCCNc1ccc2cc(-c3ccccc3OCC3CCCC3)ccc2c1. The molecule has 1 aliphatic carbocycles. The summed E-state index contributed by atoms with van der Waals surface area (Å²) in [6.45, 7) is 1.52. The topological polar surface area (TPSA) is 41.5 Å². The molecule has 0 unspecified atom stereocenters. The van der Waals surface area contributed by atoms with Crippen LogP contribution in [0.4, 0.5) is 5.69 Å². The van der Waals surface area contributed by atoms with Gasteiger partial charge in [-0.15, -0.1) is 0 Å². The first-order valence-electron chi connectivity index (χ1n) is 9.94. The zero-order valence-electron chi connectivity index (χ0n) is 15.7. The zero-order chi connectivity index (χ0) is 18.5. The molecule has 0 bridgehead atoms. The summed E-state index contributed by atoms with van der Waals surface area (Å²) >= 11 is 0. The van der Waals surface area contributed by atoms with Crippen molar-refractivity contribution in [1.29, 1.82) is 0 Å². The van der Waals surface area contributed by atoms with Crippen molar-refractivity contribution in [3.63, 3.8) is 0 Å². The third kappa shape index (κ3) is 4.25. The molecule has 0 spiro atoms. The third-order valence-electron chi connectivity index (χ3n) is 5.43. The molecular weight excluding hydrogens is 334 g/mol. The lowest BCUT2D eigenvalue weighted by molar-refractivity contribution is 0.253. The summed E-state index contributed by atoms with van der Waals surface area (Å²) in [6.07, 6.45) is 5.28. The number of nitrogens with one attached hydrogen (secondary N) is 1. The second kappa shape index (κ2) is 8.45. The van der Waals surface area contributed by atoms with Gasteiger partial charge in [0, 0.05) is 17.8 Å². The van der Waals surface area contributed by atoms with Crippen LogP contribution in [0.3, 0.4) is 0 Å². The van der Waals surface area contributed by atoms with Gasteiger partial charge < -0.3 is 15.2 Å². The van der Waals surface area contributed by atoms with E-state index in [9.17, 15) is 0 Å². The van der Waals surface area contributed by atoms with E-state index < -0.39 is 0 Å². The standard InChI is InChI=1S/C24H27NO2/c26-14-13-25-22-12-11-19-15-21(10-9-20(19)16-22)23-7-3-4-8-24(23)27-17-18-5-1-2-6-18/h3-4,7-12,15-16,18,25-26H,1-2,5-6,13-14,17H2. The molecular formula is C24H27NO2. The Bertz CT molecular complexity index is 900. The minimum Gasteiger partial charge on any atom is -0.493 e. The fourth-order valence-corrected chi connectivity index (χ4v) is 3.94. The normalized spacial score (nSPS) is 14.6. The van der Waals surface area contributed by atoms with Gasteiger partial charge in [0.2, 0.25) is 0 Å². The van der Waals surface area contributed by atoms with Crippen LogP contribution in [0.1, 0.15) is 25.7 Å². The molecule has 27 heavy (non-hydrogen) atoms. The van der Waals surface area contributed by atoms with E-state index in [1.54, 1.807) is 0 Å². The van der Waals surface area contributed by atoms with Crippen LogP contribution in [0.2, 0.25) is 0 Å². The highest BCUT2D eigenvalue weighted by Crippen LogP contribution is 2.34. The minimum absolute atomic E-state index is 0.134. The van der Waals surface area contributed by atoms with Crippen LogP contribution >= 0.6 is 0 Å². The molecule has 0 aliphatic heterocycles. The lowest BCUT2D eigenvalue weighted by atomic mass is 10.00. The molecule has 1 aliphatic rings. The Labute approximate surface area is 161 Å². The molecule has 0 radical (unpaired) electrons. The van der Waals surface area contributed by atoms with Gasteiger partial charge in [0.25, 0.3) is 0 Å². The summed E-state index contributed by atoms with van der Waals surface area (Å²) in [5, 5.41) is 14.6. The van der Waals surface area contributed by atoms with Gasteiger partial charge in [0.05, 0.1) is 13.2 Å². The number of para-hydroxylation sites is 1. The van der Waals surface area contributed by atoms with E-state index in [1.165, 1.54) is 42.0 Å². The van der Waals surface area contributed by atoms with Crippen molar-refractivity contribution in [1.82, 2.24) is 0 Å². The van der Waals surface area contributed by atoms with E-state index >= 15 is 0 Å². The fourth-order valence-electron chi connectivity index (χ4n) is 3.94. The number of ether oxygens (including phenoxy) is 1. The van der Waals surface area contributed by atoms with Crippen molar-refractivity contribution in [2.75, 3.05) is 25.1 Å². The maximum Gasteiger partial charge on any atom is 0.127 e. The van der Waals surface area contributed by atoms with Gasteiger partial charge in [-0.2, -0.15) is 0 Å². The lowest BCUT2D eigenvalue weighted by Gasteiger charge is -2.15. The minimum atomic E-state index is 0.134. The van der Waals surface area contributed by atoms with E-state index in [0.717, 1.165) is 23.6 Å². The second-order valence-corrected chi connectivity index (χ2v) is 7.38. The van der Waals surface area contributed by atoms with Crippen LogP contribution in [0.15, 0.2) is 60.7 Å². The number of benzene rings is 3. The summed E-state index contributed by atoms with van der Waals surface area (Å²) in [6, 6.07) is 21.2. The zero-order valence-corrected chi connectivity index (χ0v) is 15.7. The first kappa shape index (κ1) is 17.9. The van der Waals surface area contributed by atoms with Crippen LogP contribution < -0.4 is 10.1 Å². The monoisotopic (exact) mass is 361 g/mol. The van der Waals surface area contributed by atoms with Gasteiger partial charge in [0.15, 0.2) is 0 Å². The summed E-state index contributed by atoms with van der Waals surface area (Å²) < 4.78 is 6.22. The van der Waals surface area contributed by atoms with Crippen molar-refractivity contribution in [2.45, 2.75) is 25.7 Å². The number of fused-ring (bicyclic) bond motifs is 1. The van der Waals surface area contributed by atoms with Crippen LogP contribution in [0.25, 0.3) is 21.9 Å². The van der Waals surface area contributed by atoms with Crippen LogP contribution in [0, 0.1) is 5.92 Å². The van der Waals surface area contributed by atoms with Gasteiger partial charge in [-0.25, -0.2) is 0 Å². The maximum absolute atomic E-state index is 8.97. The Morgan fingerprint density at radius 2 is 1.70 bits per heavy atom. The Kier molecular flexibility index (Phi) is 5.59. The van der Waals surface area contributed by atoms with E-state index in [2.05, 4.69) is 59.9 Å². The highest BCUT2D eigenvalue weighted by molar-refractivity contribution is 5.90. The Morgan fingerprint density at radius 1 is 0.926 bits per heavy atom. The molecule has 0 aromatic heterocycles. The van der Waals surface area contributed by atoms with Gasteiger partial charge in [-0.1, -0.05) is 49.2 Å². The molecule has 0 saturated heterocycles. The lowest BCUT2D eigenvalue weighted by Crippen LogP contribution is -2.08. The number of hydrogen-bond donors (Lipinski definition) is 2. The predicted octanol–water partition coefficient (Wildman–Crippen LogP) is 5.48. The summed E-state index contributed by atoms with van der Waals surface area (Å²) in [4.78, 5) is 0. The van der Waals surface area contributed by atoms with E-state index in [0.29, 0.717) is 12.5 Å². The maximum atomic E-state index is 8.97. The van der Waals surface area contributed by atoms with Gasteiger partial charge >= 0.3 is 0 Å². The van der Waals surface area contributed by atoms with E-state index in [-0.39, 0.29) is 6.61 Å². The molecule has 2 N–H and O–H groups in total. The molecule has 3 aromatic rings. The van der Waals surface area contributed by atoms with Crippen molar-refractivity contribution < 1.29 is 9.84 Å². The smallest absolute Gasteiger partial charge is 0.127 e. The number of hydrogen-bond acceptors (Lipinski definition) is 3. The summed E-state index contributed by atoms with van der Waals surface area (Å²) in [7, 11) is 0. The molecule has 0 amide bonds. The Morgan fingerprint density at radius 3 is 2.56 bits per heavy atom. The quantitative estimate of drug-likeness (QED) is 0.585. The highest BCUT2D eigenvalue weighted by Gasteiger charge is 2.16. The Hall–Kier alpha value is -2.52. The van der Waals surface area contributed by atoms with Crippen LogP contribution in [0.5, 0.6) is 5.75 Å². The van der Waals surface area contributed by atoms with E-state index in [4.69, 9.17) is 9.84 Å². The van der Waals surface area contributed by atoms with Crippen molar-refractivity contribution >= 4 is 16.5 Å². The number of aliphatic hydroxyl groups excluding tert-OH is 1. The van der Waals surface area contributed by atoms with Gasteiger partial charge in [0.1, 0.15) is 5.75 Å². The first-order chi connectivity index (χ1) is 13.3. The molecule has 1 saturated carbocycles. The number of aliphatic hydroxyl groups is 1. The fraction of sp³-hybridized carbons (Fsp3) is 0.333. The first-order valence-corrected chi connectivity index (χ1v) is 9.94. The van der Waals surface area contributed by atoms with Crippen molar-refractivity contribution in [3.8, 4) is 16.9 Å². The average Bonchev–Trinajstić information content (AvgIpc) is 3.24. The molecule has 3 heteroatoms. The van der Waals surface area contributed by atoms with Crippen LogP contribution in [-0.4, -0.2) is 24.9 Å².